The summed E-state index contributed by atoms with van der Waals surface area (Å²) in [4.78, 5) is 14.0. The Hall–Kier alpha value is -1.23. The smallest absolute Gasteiger partial charge is 0.415 e. The number of carbonyl (C=O) groups excluding carboxylic acids is 1. The summed E-state index contributed by atoms with van der Waals surface area (Å²) in [5.41, 5.74) is -0.239. The molecule has 4 nitrogen and oxygen atoms in total. The molecule has 20 heavy (non-hydrogen) atoms. The number of ether oxygens (including phenoxy) is 2. The number of amides is 1. The summed E-state index contributed by atoms with van der Waals surface area (Å²) in [6.07, 6.45) is -0.353. The Morgan fingerprint density at radius 1 is 1.40 bits per heavy atom. The van der Waals surface area contributed by atoms with E-state index in [1.165, 1.54) is 0 Å². The summed E-state index contributed by atoms with van der Waals surface area (Å²) in [7, 11) is 0. The first-order valence-electron chi connectivity index (χ1n) is 6.56. The molecular formula is C15H20BrNO3. The maximum Gasteiger partial charge on any atom is 0.415 e. The molecule has 1 aliphatic rings. The van der Waals surface area contributed by atoms with Gasteiger partial charge in [0, 0.05) is 4.47 Å². The highest BCUT2D eigenvalue weighted by Crippen LogP contribution is 2.39. The topological polar surface area (TPSA) is 38.8 Å². The van der Waals surface area contributed by atoms with Crippen molar-refractivity contribution in [3.8, 4) is 5.75 Å². The van der Waals surface area contributed by atoms with E-state index in [1.807, 2.05) is 52.8 Å². The maximum absolute atomic E-state index is 12.4. The largest absolute Gasteiger partial charge is 0.484 e. The van der Waals surface area contributed by atoms with Crippen LogP contribution in [0.1, 0.15) is 34.6 Å². The van der Waals surface area contributed by atoms with Crippen molar-refractivity contribution in [2.45, 2.75) is 45.8 Å². The van der Waals surface area contributed by atoms with Gasteiger partial charge in [0.1, 0.15) is 17.0 Å². The van der Waals surface area contributed by atoms with Crippen molar-refractivity contribution in [2.24, 2.45) is 0 Å². The number of carbonyl (C=O) groups is 1. The van der Waals surface area contributed by atoms with E-state index in [1.54, 1.807) is 4.90 Å². The summed E-state index contributed by atoms with van der Waals surface area (Å²) < 4.78 is 12.3. The van der Waals surface area contributed by atoms with Crippen molar-refractivity contribution in [3.05, 3.63) is 22.7 Å². The van der Waals surface area contributed by atoms with Gasteiger partial charge in [0.25, 0.3) is 0 Å². The fourth-order valence-corrected chi connectivity index (χ4v) is 2.41. The first-order chi connectivity index (χ1) is 9.07. The molecule has 0 N–H and O–H groups in total. The monoisotopic (exact) mass is 341 g/mol. The van der Waals surface area contributed by atoms with Crippen molar-refractivity contribution in [1.29, 1.82) is 0 Å². The van der Waals surface area contributed by atoms with Gasteiger partial charge in [-0.2, -0.15) is 0 Å². The molecule has 5 heteroatoms. The van der Waals surface area contributed by atoms with Crippen molar-refractivity contribution >= 4 is 27.7 Å². The van der Waals surface area contributed by atoms with Gasteiger partial charge >= 0.3 is 6.09 Å². The summed E-state index contributed by atoms with van der Waals surface area (Å²) in [6, 6.07) is 5.62. The van der Waals surface area contributed by atoms with Crippen molar-refractivity contribution in [3.63, 3.8) is 0 Å². The summed E-state index contributed by atoms with van der Waals surface area (Å²) >= 11 is 3.42. The van der Waals surface area contributed by atoms with Crippen LogP contribution >= 0.6 is 15.9 Å². The number of halogens is 1. The molecule has 0 aromatic heterocycles. The van der Waals surface area contributed by atoms with Gasteiger partial charge in [0.15, 0.2) is 0 Å². The maximum atomic E-state index is 12.4. The van der Waals surface area contributed by atoms with E-state index >= 15 is 0 Å². The second-order valence-corrected chi connectivity index (χ2v) is 7.46. The number of benzene rings is 1. The third-order valence-corrected chi connectivity index (χ3v) is 3.24. The number of anilines is 1. The van der Waals surface area contributed by atoms with Crippen LogP contribution < -0.4 is 9.64 Å². The average Bonchev–Trinajstić information content (AvgIpc) is 2.25. The first kappa shape index (κ1) is 15.2. The van der Waals surface area contributed by atoms with Crippen LogP contribution in [0, 0.1) is 0 Å². The minimum Gasteiger partial charge on any atom is -0.484 e. The Bertz CT molecular complexity index is 534. The molecule has 1 heterocycles. The lowest BCUT2D eigenvalue weighted by Crippen LogP contribution is -2.50. The van der Waals surface area contributed by atoms with Crippen molar-refractivity contribution in [1.82, 2.24) is 0 Å². The van der Waals surface area contributed by atoms with E-state index in [9.17, 15) is 4.79 Å². The van der Waals surface area contributed by atoms with Crippen LogP contribution in [-0.4, -0.2) is 23.8 Å². The van der Waals surface area contributed by atoms with Gasteiger partial charge in [-0.1, -0.05) is 15.9 Å². The molecule has 0 saturated carbocycles. The van der Waals surface area contributed by atoms with Gasteiger partial charge in [-0.25, -0.2) is 4.79 Å². The van der Waals surface area contributed by atoms with Crippen LogP contribution in [0.5, 0.6) is 5.75 Å². The minimum absolute atomic E-state index is 0.353. The molecule has 1 aromatic rings. The number of hydrogen-bond donors (Lipinski definition) is 0. The lowest BCUT2D eigenvalue weighted by Gasteiger charge is -2.40. The highest BCUT2D eigenvalue weighted by Gasteiger charge is 2.36. The molecule has 1 aliphatic heterocycles. The number of rotatable bonds is 0. The third-order valence-electron chi connectivity index (χ3n) is 2.75. The number of nitrogens with zero attached hydrogens (tertiary/aromatic N) is 1. The zero-order valence-electron chi connectivity index (χ0n) is 12.5. The third kappa shape index (κ3) is 3.45. The highest BCUT2D eigenvalue weighted by atomic mass is 79.9. The fraction of sp³-hybridized carbons (Fsp3) is 0.533. The molecule has 0 unspecified atom stereocenters. The van der Waals surface area contributed by atoms with Gasteiger partial charge in [-0.15, -0.1) is 0 Å². The Balaban J connectivity index is 2.38. The summed E-state index contributed by atoms with van der Waals surface area (Å²) in [5.74, 6) is 0.690. The van der Waals surface area contributed by atoms with Crippen LogP contribution in [0.25, 0.3) is 0 Å². The van der Waals surface area contributed by atoms with Gasteiger partial charge in [-0.05, 0) is 52.8 Å². The Kier molecular flexibility index (Phi) is 3.75. The first-order valence-corrected chi connectivity index (χ1v) is 7.36. The zero-order valence-corrected chi connectivity index (χ0v) is 14.1. The minimum atomic E-state index is -0.522. The standard InChI is InChI=1S/C15H20BrNO3/c1-14(2,3)20-13(18)17-9-15(4,5)19-12-7-6-10(16)8-11(12)17/h6-8H,9H2,1-5H3. The molecule has 0 fully saturated rings. The van der Waals surface area contributed by atoms with E-state index in [-0.39, 0.29) is 6.09 Å². The SMILES string of the molecule is CC(C)(C)OC(=O)N1CC(C)(C)Oc2ccc(Br)cc21. The quantitative estimate of drug-likeness (QED) is 0.703. The molecule has 0 aliphatic carbocycles. The molecule has 0 saturated heterocycles. The Morgan fingerprint density at radius 3 is 2.65 bits per heavy atom. The highest BCUT2D eigenvalue weighted by molar-refractivity contribution is 9.10. The molecule has 0 bridgehead atoms. The van der Waals surface area contributed by atoms with Gasteiger partial charge < -0.3 is 9.47 Å². The number of hydrogen-bond acceptors (Lipinski definition) is 3. The molecular weight excluding hydrogens is 322 g/mol. The van der Waals surface area contributed by atoms with Crippen LogP contribution in [0.15, 0.2) is 22.7 Å². The average molecular weight is 342 g/mol. The predicted molar refractivity (Wildman–Crippen MR) is 82.4 cm³/mol. The Labute approximate surface area is 128 Å². The Morgan fingerprint density at radius 2 is 2.05 bits per heavy atom. The molecule has 2 rings (SSSR count). The molecule has 0 radical (unpaired) electrons. The fourth-order valence-electron chi connectivity index (χ4n) is 2.06. The lowest BCUT2D eigenvalue weighted by molar-refractivity contribution is 0.0484. The van der Waals surface area contributed by atoms with Crippen molar-refractivity contribution < 1.29 is 14.3 Å². The predicted octanol–water partition coefficient (Wildman–Crippen LogP) is 4.36. The van der Waals surface area contributed by atoms with Crippen LogP contribution in [0.3, 0.4) is 0 Å². The van der Waals surface area contributed by atoms with Crippen LogP contribution in [0.2, 0.25) is 0 Å². The number of fused-ring (bicyclic) bond motifs is 1. The second kappa shape index (κ2) is 4.95. The summed E-state index contributed by atoms with van der Waals surface area (Å²) in [6.45, 7) is 9.94. The molecule has 110 valence electrons. The molecule has 1 aromatic carbocycles. The van der Waals surface area contributed by atoms with Gasteiger partial charge in [-0.3, -0.25) is 4.90 Å². The molecule has 1 amide bonds. The lowest BCUT2D eigenvalue weighted by atomic mass is 10.1. The zero-order chi connectivity index (χ0) is 15.1. The summed E-state index contributed by atoms with van der Waals surface area (Å²) in [5, 5.41) is 0. The normalized spacial score (nSPS) is 17.2. The van der Waals surface area contributed by atoms with Gasteiger partial charge in [0.2, 0.25) is 0 Å². The van der Waals surface area contributed by atoms with Gasteiger partial charge in [0.05, 0.1) is 12.2 Å². The van der Waals surface area contributed by atoms with Crippen LogP contribution in [-0.2, 0) is 4.74 Å². The molecule has 0 spiro atoms. The van der Waals surface area contributed by atoms with Crippen LogP contribution in [0.4, 0.5) is 10.5 Å². The second-order valence-electron chi connectivity index (χ2n) is 6.54. The van der Waals surface area contributed by atoms with E-state index < -0.39 is 11.2 Å². The van der Waals surface area contributed by atoms with E-state index in [0.29, 0.717) is 12.3 Å². The molecule has 0 atom stereocenters. The van der Waals surface area contributed by atoms with Crippen molar-refractivity contribution in [2.75, 3.05) is 11.4 Å². The van der Waals surface area contributed by atoms with E-state index in [0.717, 1.165) is 10.2 Å². The van der Waals surface area contributed by atoms with E-state index in [2.05, 4.69) is 15.9 Å². The van der Waals surface area contributed by atoms with E-state index in [4.69, 9.17) is 9.47 Å².